The lowest BCUT2D eigenvalue weighted by molar-refractivity contribution is 0.278. The molecule has 2 aromatic rings. The van der Waals surface area contributed by atoms with Crippen LogP contribution in [0.1, 0.15) is 22.6 Å². The van der Waals surface area contributed by atoms with Crippen LogP contribution in [0.5, 0.6) is 0 Å². The molecule has 0 aliphatic heterocycles. The zero-order chi connectivity index (χ0) is 14.9. The van der Waals surface area contributed by atoms with Crippen LogP contribution in [0.15, 0.2) is 53.4 Å². The summed E-state index contributed by atoms with van der Waals surface area (Å²) >= 11 is 0. The second-order valence-electron chi connectivity index (χ2n) is 5.22. The highest BCUT2D eigenvalue weighted by Crippen LogP contribution is 2.34. The number of hydrogen-bond donors (Lipinski definition) is 2. The van der Waals surface area contributed by atoms with E-state index < -0.39 is 10.0 Å². The quantitative estimate of drug-likeness (QED) is 0.885. The highest BCUT2D eigenvalue weighted by atomic mass is 32.2. The summed E-state index contributed by atoms with van der Waals surface area (Å²) in [7, 11) is -3.59. The molecule has 1 aliphatic carbocycles. The van der Waals surface area contributed by atoms with E-state index in [1.165, 1.54) is 17.2 Å². The predicted octanol–water partition coefficient (Wildman–Crippen LogP) is 1.80. The number of hydrogen-bond acceptors (Lipinski definition) is 3. The molecule has 0 spiro atoms. The third-order valence-electron chi connectivity index (χ3n) is 3.91. The van der Waals surface area contributed by atoms with E-state index in [0.29, 0.717) is 12.1 Å². The molecular weight excluding hydrogens is 286 g/mol. The largest absolute Gasteiger partial charge is 0.392 e. The SMILES string of the molecule is O=S(=O)(NCC1Cc2ccccc21)c1ccccc1CO. The van der Waals surface area contributed by atoms with Crippen molar-refractivity contribution in [2.75, 3.05) is 6.54 Å². The Hall–Kier alpha value is -1.69. The van der Waals surface area contributed by atoms with E-state index in [9.17, 15) is 13.5 Å². The maximum atomic E-state index is 12.3. The van der Waals surface area contributed by atoms with Crippen molar-refractivity contribution >= 4 is 10.0 Å². The molecule has 0 aromatic heterocycles. The molecule has 2 N–H and O–H groups in total. The minimum atomic E-state index is -3.59. The van der Waals surface area contributed by atoms with Crippen LogP contribution in [0, 0.1) is 0 Å². The van der Waals surface area contributed by atoms with Gasteiger partial charge in [0.25, 0.3) is 0 Å². The van der Waals surface area contributed by atoms with Gasteiger partial charge in [-0.25, -0.2) is 13.1 Å². The van der Waals surface area contributed by atoms with Crippen LogP contribution in [0.3, 0.4) is 0 Å². The molecule has 1 unspecified atom stereocenters. The van der Waals surface area contributed by atoms with E-state index in [-0.39, 0.29) is 17.4 Å². The first kappa shape index (κ1) is 14.3. The fourth-order valence-electron chi connectivity index (χ4n) is 2.73. The number of aliphatic hydroxyl groups excluding tert-OH is 1. The monoisotopic (exact) mass is 303 g/mol. The first-order valence-corrected chi connectivity index (χ1v) is 8.36. The Morgan fingerprint density at radius 2 is 1.81 bits per heavy atom. The first-order valence-electron chi connectivity index (χ1n) is 6.88. The van der Waals surface area contributed by atoms with E-state index in [4.69, 9.17) is 0 Å². The molecule has 110 valence electrons. The smallest absolute Gasteiger partial charge is 0.240 e. The van der Waals surface area contributed by atoms with E-state index in [1.54, 1.807) is 18.2 Å². The maximum absolute atomic E-state index is 12.3. The van der Waals surface area contributed by atoms with Crippen molar-refractivity contribution < 1.29 is 13.5 Å². The molecule has 1 atom stereocenters. The molecule has 21 heavy (non-hydrogen) atoms. The summed E-state index contributed by atoms with van der Waals surface area (Å²) in [5.74, 6) is 0.234. The van der Waals surface area contributed by atoms with Crippen molar-refractivity contribution in [3.05, 3.63) is 65.2 Å². The van der Waals surface area contributed by atoms with Gasteiger partial charge in [-0.2, -0.15) is 0 Å². The summed E-state index contributed by atoms with van der Waals surface area (Å²) in [6.45, 7) is 0.0997. The van der Waals surface area contributed by atoms with E-state index >= 15 is 0 Å². The highest BCUT2D eigenvalue weighted by molar-refractivity contribution is 7.89. The molecule has 0 saturated heterocycles. The van der Waals surface area contributed by atoms with Crippen molar-refractivity contribution in [3.8, 4) is 0 Å². The number of fused-ring (bicyclic) bond motifs is 1. The van der Waals surface area contributed by atoms with Crippen molar-refractivity contribution in [1.82, 2.24) is 4.72 Å². The Morgan fingerprint density at radius 3 is 2.57 bits per heavy atom. The fraction of sp³-hybridized carbons (Fsp3) is 0.250. The molecule has 1 aliphatic rings. The lowest BCUT2D eigenvalue weighted by atomic mass is 9.78. The summed E-state index contributed by atoms with van der Waals surface area (Å²) in [5.41, 5.74) is 2.92. The zero-order valence-corrected chi connectivity index (χ0v) is 12.3. The van der Waals surface area contributed by atoms with Gasteiger partial charge in [0.1, 0.15) is 0 Å². The van der Waals surface area contributed by atoms with Gasteiger partial charge in [0.15, 0.2) is 0 Å². The van der Waals surface area contributed by atoms with Gasteiger partial charge >= 0.3 is 0 Å². The third kappa shape index (κ3) is 2.72. The van der Waals surface area contributed by atoms with Crippen LogP contribution in [-0.4, -0.2) is 20.1 Å². The highest BCUT2D eigenvalue weighted by Gasteiger charge is 2.27. The Kier molecular flexibility index (Phi) is 3.80. The third-order valence-corrected chi connectivity index (χ3v) is 5.44. The molecule has 0 bridgehead atoms. The van der Waals surface area contributed by atoms with Crippen LogP contribution in [0.4, 0.5) is 0 Å². The Morgan fingerprint density at radius 1 is 1.10 bits per heavy atom. The maximum Gasteiger partial charge on any atom is 0.240 e. The van der Waals surface area contributed by atoms with E-state index in [0.717, 1.165) is 6.42 Å². The van der Waals surface area contributed by atoms with Gasteiger partial charge in [-0.3, -0.25) is 0 Å². The molecular formula is C16H17NO3S. The number of rotatable bonds is 5. The van der Waals surface area contributed by atoms with Gasteiger partial charge in [0.05, 0.1) is 11.5 Å². The number of sulfonamides is 1. The zero-order valence-electron chi connectivity index (χ0n) is 11.5. The van der Waals surface area contributed by atoms with Crippen molar-refractivity contribution in [3.63, 3.8) is 0 Å². The average Bonchev–Trinajstić information content (AvgIpc) is 2.48. The van der Waals surface area contributed by atoms with Crippen molar-refractivity contribution in [1.29, 1.82) is 0 Å². The fourth-order valence-corrected chi connectivity index (χ4v) is 4.04. The Bertz CT molecular complexity index is 756. The number of aliphatic hydroxyl groups is 1. The summed E-state index contributed by atoms with van der Waals surface area (Å²) in [6, 6.07) is 14.6. The normalized spacial score (nSPS) is 17.1. The molecule has 0 saturated carbocycles. The second kappa shape index (κ2) is 5.60. The second-order valence-corrected chi connectivity index (χ2v) is 6.95. The van der Waals surface area contributed by atoms with Crippen LogP contribution in [0.25, 0.3) is 0 Å². The van der Waals surface area contributed by atoms with E-state index in [1.807, 2.05) is 18.2 Å². The molecule has 4 nitrogen and oxygen atoms in total. The molecule has 3 rings (SSSR count). The molecule has 0 fully saturated rings. The molecule has 5 heteroatoms. The standard InChI is InChI=1S/C16H17NO3S/c18-11-13-6-2-4-8-16(13)21(19,20)17-10-14-9-12-5-1-3-7-15(12)14/h1-8,14,17-18H,9-11H2. The number of nitrogens with one attached hydrogen (secondary N) is 1. The van der Waals surface area contributed by atoms with Gasteiger partial charge in [0, 0.05) is 12.5 Å². The Labute approximate surface area is 124 Å². The lowest BCUT2D eigenvalue weighted by Gasteiger charge is -2.30. The topological polar surface area (TPSA) is 66.4 Å². The van der Waals surface area contributed by atoms with Crippen LogP contribution in [0.2, 0.25) is 0 Å². The van der Waals surface area contributed by atoms with E-state index in [2.05, 4.69) is 10.8 Å². The molecule has 0 amide bonds. The molecule has 2 aromatic carbocycles. The molecule has 0 heterocycles. The summed E-state index contributed by atoms with van der Waals surface area (Å²) < 4.78 is 27.3. The van der Waals surface area contributed by atoms with Gasteiger partial charge < -0.3 is 5.11 Å². The van der Waals surface area contributed by atoms with Crippen LogP contribution in [-0.2, 0) is 23.1 Å². The minimum absolute atomic E-state index is 0.153. The number of benzene rings is 2. The summed E-state index contributed by atoms with van der Waals surface area (Å²) in [4.78, 5) is 0.153. The van der Waals surface area contributed by atoms with Gasteiger partial charge in [-0.1, -0.05) is 42.5 Å². The average molecular weight is 303 g/mol. The van der Waals surface area contributed by atoms with Crippen molar-refractivity contribution in [2.45, 2.75) is 23.8 Å². The molecule has 0 radical (unpaired) electrons. The van der Waals surface area contributed by atoms with Crippen LogP contribution < -0.4 is 4.72 Å². The predicted molar refractivity (Wildman–Crippen MR) is 80.4 cm³/mol. The van der Waals surface area contributed by atoms with Gasteiger partial charge in [0.2, 0.25) is 10.0 Å². The van der Waals surface area contributed by atoms with Crippen LogP contribution >= 0.6 is 0 Å². The minimum Gasteiger partial charge on any atom is -0.392 e. The summed E-state index contributed by atoms with van der Waals surface area (Å²) in [5, 5.41) is 9.25. The van der Waals surface area contributed by atoms with Gasteiger partial charge in [-0.15, -0.1) is 0 Å². The van der Waals surface area contributed by atoms with Gasteiger partial charge in [-0.05, 0) is 29.2 Å². The Balaban J connectivity index is 1.73. The first-order chi connectivity index (χ1) is 10.1. The van der Waals surface area contributed by atoms with Crippen molar-refractivity contribution in [2.24, 2.45) is 0 Å². The summed E-state index contributed by atoms with van der Waals surface area (Å²) in [6.07, 6.45) is 0.903. The lowest BCUT2D eigenvalue weighted by Crippen LogP contribution is -2.33.